The molecule has 0 saturated heterocycles. The molecule has 2 N–H and O–H groups in total. The average molecular weight is 227 g/mol. The molecule has 0 amide bonds. The van der Waals surface area contributed by atoms with Gasteiger partial charge in [-0.25, -0.2) is 0 Å². The third-order valence-corrected chi connectivity index (χ3v) is 2.10. The topological polar surface area (TPSA) is 57.5 Å². The van der Waals surface area contributed by atoms with E-state index in [1.807, 2.05) is 0 Å². The number of benzene rings is 1. The van der Waals surface area contributed by atoms with Crippen LogP contribution in [0.25, 0.3) is 6.08 Å². The molecule has 0 radical (unpaired) electrons. The molecule has 0 saturated carbocycles. The van der Waals surface area contributed by atoms with E-state index in [4.69, 9.17) is 16.7 Å². The number of halogens is 1. The van der Waals surface area contributed by atoms with E-state index in [-0.39, 0.29) is 12.2 Å². The van der Waals surface area contributed by atoms with Crippen molar-refractivity contribution in [2.24, 2.45) is 0 Å². The van der Waals surface area contributed by atoms with Crippen LogP contribution < -0.4 is 0 Å². The van der Waals surface area contributed by atoms with Gasteiger partial charge < -0.3 is 10.2 Å². The highest BCUT2D eigenvalue weighted by Crippen LogP contribution is 2.27. The van der Waals surface area contributed by atoms with Crippen molar-refractivity contribution in [2.75, 3.05) is 0 Å². The number of phenolic OH excluding ortho intramolecular Hbond substituents is 1. The van der Waals surface area contributed by atoms with Crippen LogP contribution >= 0.6 is 11.6 Å². The van der Waals surface area contributed by atoms with E-state index < -0.39 is 5.97 Å². The standard InChI is InChI=1S/C11H11ClO3/c1-7-5-9(12)6-8(11(7)15)3-2-4-10(13)14/h2-3,5-6,15H,4H2,1H3,(H,13,14). The number of aryl methyl sites for hydroxylation is 1. The molecule has 0 aliphatic carbocycles. The minimum absolute atomic E-state index is 0.0784. The number of rotatable bonds is 3. The van der Waals surface area contributed by atoms with Crippen molar-refractivity contribution in [2.45, 2.75) is 13.3 Å². The van der Waals surface area contributed by atoms with Crippen LogP contribution in [-0.2, 0) is 4.79 Å². The molecular formula is C11H11ClO3. The molecular weight excluding hydrogens is 216 g/mol. The maximum atomic E-state index is 10.3. The zero-order chi connectivity index (χ0) is 11.4. The van der Waals surface area contributed by atoms with Gasteiger partial charge >= 0.3 is 5.97 Å². The summed E-state index contributed by atoms with van der Waals surface area (Å²) in [5.74, 6) is -0.787. The quantitative estimate of drug-likeness (QED) is 0.833. The predicted octanol–water partition coefficient (Wildman–Crippen LogP) is 2.84. The van der Waals surface area contributed by atoms with Gasteiger partial charge in [-0.15, -0.1) is 0 Å². The summed E-state index contributed by atoms with van der Waals surface area (Å²) in [6.45, 7) is 1.73. The molecule has 3 nitrogen and oxygen atoms in total. The summed E-state index contributed by atoms with van der Waals surface area (Å²) in [5.41, 5.74) is 1.19. The van der Waals surface area contributed by atoms with Gasteiger partial charge in [-0.3, -0.25) is 4.79 Å². The molecule has 1 aromatic carbocycles. The minimum atomic E-state index is -0.913. The summed E-state index contributed by atoms with van der Waals surface area (Å²) in [5, 5.41) is 18.6. The van der Waals surface area contributed by atoms with Crippen molar-refractivity contribution in [3.05, 3.63) is 34.4 Å². The summed E-state index contributed by atoms with van der Waals surface area (Å²) in [6, 6.07) is 3.23. The molecule has 0 unspecified atom stereocenters. The number of hydrogen-bond acceptors (Lipinski definition) is 2. The molecule has 0 aromatic heterocycles. The maximum absolute atomic E-state index is 10.3. The van der Waals surface area contributed by atoms with Crippen molar-refractivity contribution < 1.29 is 15.0 Å². The first kappa shape index (κ1) is 11.6. The van der Waals surface area contributed by atoms with Crippen LogP contribution in [0.15, 0.2) is 18.2 Å². The SMILES string of the molecule is Cc1cc(Cl)cc(C=CCC(=O)O)c1O. The molecule has 0 fully saturated rings. The van der Waals surface area contributed by atoms with E-state index in [9.17, 15) is 9.90 Å². The number of phenols is 1. The highest BCUT2D eigenvalue weighted by molar-refractivity contribution is 6.30. The van der Waals surface area contributed by atoms with Crippen molar-refractivity contribution in [3.63, 3.8) is 0 Å². The molecule has 1 aromatic rings. The largest absolute Gasteiger partial charge is 0.507 e. The van der Waals surface area contributed by atoms with Crippen molar-refractivity contribution in [1.29, 1.82) is 0 Å². The van der Waals surface area contributed by atoms with Gasteiger partial charge in [0, 0.05) is 10.6 Å². The van der Waals surface area contributed by atoms with Gasteiger partial charge in [-0.1, -0.05) is 23.8 Å². The minimum Gasteiger partial charge on any atom is -0.507 e. The van der Waals surface area contributed by atoms with Crippen molar-refractivity contribution in [1.82, 2.24) is 0 Å². The van der Waals surface area contributed by atoms with Crippen LogP contribution in [0.4, 0.5) is 0 Å². The number of hydrogen-bond donors (Lipinski definition) is 2. The summed E-state index contributed by atoms with van der Waals surface area (Å²) in [6.07, 6.45) is 2.93. The molecule has 0 aliphatic rings. The zero-order valence-corrected chi connectivity index (χ0v) is 8.95. The second-order valence-electron chi connectivity index (χ2n) is 3.16. The monoisotopic (exact) mass is 226 g/mol. The summed E-state index contributed by atoms with van der Waals surface area (Å²) in [4.78, 5) is 10.3. The molecule has 15 heavy (non-hydrogen) atoms. The second kappa shape index (κ2) is 4.84. The van der Waals surface area contributed by atoms with Gasteiger partial charge in [0.25, 0.3) is 0 Å². The Hall–Kier alpha value is -1.48. The summed E-state index contributed by atoms with van der Waals surface area (Å²) >= 11 is 5.80. The summed E-state index contributed by atoms with van der Waals surface area (Å²) < 4.78 is 0. The van der Waals surface area contributed by atoms with Crippen LogP contribution in [0.2, 0.25) is 5.02 Å². The van der Waals surface area contributed by atoms with Crippen LogP contribution in [0.5, 0.6) is 5.75 Å². The van der Waals surface area contributed by atoms with Crippen molar-refractivity contribution in [3.8, 4) is 5.75 Å². The van der Waals surface area contributed by atoms with E-state index in [1.54, 1.807) is 25.1 Å². The van der Waals surface area contributed by atoms with Gasteiger partial charge in [0.2, 0.25) is 0 Å². The molecule has 0 atom stereocenters. The Labute approximate surface area is 92.6 Å². The van der Waals surface area contributed by atoms with Crippen LogP contribution in [0, 0.1) is 6.92 Å². The van der Waals surface area contributed by atoms with Crippen LogP contribution in [-0.4, -0.2) is 16.2 Å². The van der Waals surface area contributed by atoms with E-state index in [0.717, 1.165) is 0 Å². The Morgan fingerprint density at radius 2 is 2.20 bits per heavy atom. The lowest BCUT2D eigenvalue weighted by Gasteiger charge is -2.03. The number of aliphatic carboxylic acids is 1. The number of carbonyl (C=O) groups is 1. The number of carboxylic acids is 1. The highest BCUT2D eigenvalue weighted by atomic mass is 35.5. The van der Waals surface area contributed by atoms with Crippen LogP contribution in [0.1, 0.15) is 17.5 Å². The Morgan fingerprint density at radius 1 is 1.53 bits per heavy atom. The Balaban J connectivity index is 2.94. The fourth-order valence-electron chi connectivity index (χ4n) is 1.18. The first-order valence-electron chi connectivity index (χ1n) is 4.38. The zero-order valence-electron chi connectivity index (χ0n) is 8.20. The molecule has 4 heteroatoms. The van der Waals surface area contributed by atoms with Crippen LogP contribution in [0.3, 0.4) is 0 Å². The lowest BCUT2D eigenvalue weighted by atomic mass is 10.1. The van der Waals surface area contributed by atoms with Gasteiger partial charge in [0.15, 0.2) is 0 Å². The van der Waals surface area contributed by atoms with E-state index in [1.165, 1.54) is 6.08 Å². The van der Waals surface area contributed by atoms with Crippen molar-refractivity contribution >= 4 is 23.6 Å². The van der Waals surface area contributed by atoms with Gasteiger partial charge in [0.05, 0.1) is 6.42 Å². The average Bonchev–Trinajstić information content (AvgIpc) is 2.12. The first-order valence-corrected chi connectivity index (χ1v) is 4.76. The lowest BCUT2D eigenvalue weighted by molar-refractivity contribution is -0.135. The smallest absolute Gasteiger partial charge is 0.307 e. The Kier molecular flexibility index (Phi) is 3.74. The molecule has 80 valence electrons. The van der Waals surface area contributed by atoms with E-state index in [2.05, 4.69) is 0 Å². The Morgan fingerprint density at radius 3 is 2.80 bits per heavy atom. The van der Waals surface area contributed by atoms with Gasteiger partial charge in [0.1, 0.15) is 5.75 Å². The van der Waals surface area contributed by atoms with Gasteiger partial charge in [-0.2, -0.15) is 0 Å². The third kappa shape index (κ3) is 3.29. The van der Waals surface area contributed by atoms with E-state index >= 15 is 0 Å². The molecule has 0 aliphatic heterocycles. The van der Waals surface area contributed by atoms with Gasteiger partial charge in [-0.05, 0) is 24.6 Å². The second-order valence-corrected chi connectivity index (χ2v) is 3.60. The normalized spacial score (nSPS) is 10.8. The maximum Gasteiger partial charge on any atom is 0.307 e. The Bertz CT molecular complexity index is 411. The molecule has 0 heterocycles. The number of aromatic hydroxyl groups is 1. The fourth-order valence-corrected chi connectivity index (χ4v) is 1.46. The van der Waals surface area contributed by atoms with E-state index in [0.29, 0.717) is 16.1 Å². The molecule has 0 bridgehead atoms. The predicted molar refractivity (Wildman–Crippen MR) is 59.1 cm³/mol. The summed E-state index contributed by atoms with van der Waals surface area (Å²) in [7, 11) is 0. The first-order chi connectivity index (χ1) is 7.00. The highest BCUT2D eigenvalue weighted by Gasteiger charge is 2.03. The lowest BCUT2D eigenvalue weighted by Crippen LogP contribution is -1.89. The fraction of sp³-hybridized carbons (Fsp3) is 0.182. The third-order valence-electron chi connectivity index (χ3n) is 1.88. The number of carboxylic acid groups (broad SMARTS) is 1. The molecule has 0 spiro atoms. The molecule has 1 rings (SSSR count).